The Bertz CT molecular complexity index is 669. The largest absolute Gasteiger partial charge is 0.276 e. The second-order valence-corrected chi connectivity index (χ2v) is 7.32. The number of aryl methyl sites for hydroxylation is 1. The number of sulfonamides is 1. The Morgan fingerprint density at radius 2 is 2.14 bits per heavy atom. The first-order valence-corrected chi connectivity index (χ1v) is 8.62. The number of aromatic nitrogens is 3. The van der Waals surface area contributed by atoms with E-state index < -0.39 is 10.0 Å². The van der Waals surface area contributed by atoms with Gasteiger partial charge in [0.25, 0.3) is 0 Å². The molecule has 2 rings (SSSR count). The van der Waals surface area contributed by atoms with Gasteiger partial charge in [-0.25, -0.2) is 13.1 Å². The lowest BCUT2D eigenvalue weighted by atomic mass is 10.1. The van der Waals surface area contributed by atoms with Crippen molar-refractivity contribution in [3.05, 3.63) is 11.9 Å². The second-order valence-electron chi connectivity index (χ2n) is 5.27. The first kappa shape index (κ1) is 16.6. The van der Waals surface area contributed by atoms with Crippen LogP contribution in [0.15, 0.2) is 6.20 Å². The Morgan fingerprint density at radius 3 is 2.73 bits per heavy atom. The summed E-state index contributed by atoms with van der Waals surface area (Å²) in [5, 5.41) is 7.79. The number of likely N-dealkylation sites (tertiary alicyclic amines) is 1. The number of hydrogen-bond acceptors (Lipinski definition) is 6. The van der Waals surface area contributed by atoms with E-state index in [4.69, 9.17) is 0 Å². The number of amides is 2. The molecule has 0 saturated carbocycles. The van der Waals surface area contributed by atoms with Crippen molar-refractivity contribution in [3.8, 4) is 0 Å². The Balaban J connectivity index is 1.89. The lowest BCUT2D eigenvalue weighted by molar-refractivity contribution is -0.140. The molecular weight excluding hydrogens is 310 g/mol. The van der Waals surface area contributed by atoms with Crippen molar-refractivity contribution in [2.75, 3.05) is 12.8 Å². The number of imide groups is 1. The summed E-state index contributed by atoms with van der Waals surface area (Å²) in [6.07, 6.45) is 2.25. The van der Waals surface area contributed by atoms with E-state index in [9.17, 15) is 18.0 Å². The molecule has 2 heterocycles. The first-order chi connectivity index (χ1) is 10.3. The molecule has 1 aliphatic heterocycles. The van der Waals surface area contributed by atoms with Gasteiger partial charge in [0.1, 0.15) is 5.69 Å². The topological polar surface area (TPSA) is 114 Å². The smallest absolute Gasteiger partial charge is 0.232 e. The molecule has 9 nitrogen and oxygen atoms in total. The van der Waals surface area contributed by atoms with Crippen LogP contribution < -0.4 is 4.72 Å². The predicted molar refractivity (Wildman–Crippen MR) is 76.8 cm³/mol. The second kappa shape index (κ2) is 6.53. The number of rotatable bonds is 7. The fourth-order valence-electron chi connectivity index (χ4n) is 2.22. The van der Waals surface area contributed by atoms with Gasteiger partial charge in [-0.2, -0.15) is 0 Å². The molecule has 1 aromatic rings. The predicted octanol–water partition coefficient (Wildman–Crippen LogP) is -0.888. The molecule has 1 unspecified atom stereocenters. The highest BCUT2D eigenvalue weighted by atomic mass is 32.2. The van der Waals surface area contributed by atoms with Crippen LogP contribution in [0.1, 0.15) is 25.5 Å². The van der Waals surface area contributed by atoms with E-state index in [2.05, 4.69) is 15.0 Å². The van der Waals surface area contributed by atoms with Crippen molar-refractivity contribution < 1.29 is 18.0 Å². The zero-order valence-electron chi connectivity index (χ0n) is 12.5. The Morgan fingerprint density at radius 1 is 1.41 bits per heavy atom. The van der Waals surface area contributed by atoms with Crippen LogP contribution in [0.4, 0.5) is 0 Å². The molecule has 1 aliphatic rings. The standard InChI is InChI=1S/C12H19N5O4S/c1-9-6-11(18)17(12(9)19)8-10-7-16(15-14-10)4-3-5-22(20,21)13-2/h7,9,13H,3-6,8H2,1-2H3. The van der Waals surface area contributed by atoms with E-state index >= 15 is 0 Å². The van der Waals surface area contributed by atoms with Crippen LogP contribution in [0.5, 0.6) is 0 Å². The maximum absolute atomic E-state index is 11.8. The fourth-order valence-corrected chi connectivity index (χ4v) is 2.93. The summed E-state index contributed by atoms with van der Waals surface area (Å²) in [4.78, 5) is 24.7. The molecule has 0 spiro atoms. The molecule has 1 aromatic heterocycles. The SMILES string of the molecule is CNS(=O)(=O)CCCn1cc(CN2C(=O)CC(C)C2=O)nn1. The van der Waals surface area contributed by atoms with Crippen LogP contribution in [0, 0.1) is 5.92 Å². The van der Waals surface area contributed by atoms with Gasteiger partial charge >= 0.3 is 0 Å². The van der Waals surface area contributed by atoms with Gasteiger partial charge < -0.3 is 0 Å². The summed E-state index contributed by atoms with van der Waals surface area (Å²) >= 11 is 0. The van der Waals surface area contributed by atoms with Gasteiger partial charge in [0.05, 0.1) is 18.5 Å². The van der Waals surface area contributed by atoms with Gasteiger partial charge in [-0.3, -0.25) is 19.2 Å². The Hall–Kier alpha value is -1.81. The third kappa shape index (κ3) is 3.89. The number of nitrogens with one attached hydrogen (secondary N) is 1. The van der Waals surface area contributed by atoms with E-state index in [0.29, 0.717) is 18.7 Å². The maximum atomic E-state index is 11.8. The van der Waals surface area contributed by atoms with Crippen LogP contribution in [-0.4, -0.2) is 52.9 Å². The molecular formula is C12H19N5O4S. The van der Waals surface area contributed by atoms with Gasteiger partial charge in [-0.1, -0.05) is 12.1 Å². The van der Waals surface area contributed by atoms with Gasteiger partial charge in [0.15, 0.2) is 0 Å². The molecule has 10 heteroatoms. The molecule has 1 atom stereocenters. The average molecular weight is 329 g/mol. The van der Waals surface area contributed by atoms with E-state index in [1.54, 1.807) is 13.1 Å². The normalized spacial score (nSPS) is 19.2. The molecule has 0 bridgehead atoms. The molecule has 1 N–H and O–H groups in total. The highest BCUT2D eigenvalue weighted by Crippen LogP contribution is 2.20. The molecule has 0 aliphatic carbocycles. The van der Waals surface area contributed by atoms with Crippen molar-refractivity contribution in [1.29, 1.82) is 0 Å². The van der Waals surface area contributed by atoms with Crippen molar-refractivity contribution in [3.63, 3.8) is 0 Å². The summed E-state index contributed by atoms with van der Waals surface area (Å²) in [5.41, 5.74) is 0.507. The molecule has 0 aromatic carbocycles. The zero-order chi connectivity index (χ0) is 16.3. The Labute approximate surface area is 128 Å². The van der Waals surface area contributed by atoms with Crippen molar-refractivity contribution in [1.82, 2.24) is 24.6 Å². The van der Waals surface area contributed by atoms with Crippen molar-refractivity contribution in [2.45, 2.75) is 32.9 Å². The van der Waals surface area contributed by atoms with E-state index in [1.165, 1.54) is 16.6 Å². The molecule has 1 saturated heterocycles. The van der Waals surface area contributed by atoms with Gasteiger partial charge in [0, 0.05) is 18.9 Å². The molecule has 1 fully saturated rings. The Kier molecular flexibility index (Phi) is 4.91. The quantitative estimate of drug-likeness (QED) is 0.649. The van der Waals surface area contributed by atoms with Crippen molar-refractivity contribution in [2.24, 2.45) is 5.92 Å². The first-order valence-electron chi connectivity index (χ1n) is 6.97. The lowest BCUT2D eigenvalue weighted by Gasteiger charge is -2.11. The number of hydrogen-bond donors (Lipinski definition) is 1. The van der Waals surface area contributed by atoms with Crippen LogP contribution in [0.3, 0.4) is 0 Å². The van der Waals surface area contributed by atoms with Crippen LogP contribution in [-0.2, 0) is 32.7 Å². The fraction of sp³-hybridized carbons (Fsp3) is 0.667. The van der Waals surface area contributed by atoms with Gasteiger partial charge in [0.2, 0.25) is 21.8 Å². The number of nitrogens with zero attached hydrogens (tertiary/aromatic N) is 4. The molecule has 0 radical (unpaired) electrons. The van der Waals surface area contributed by atoms with Crippen LogP contribution in [0.25, 0.3) is 0 Å². The summed E-state index contributed by atoms with van der Waals surface area (Å²) in [5.74, 6) is -0.680. The van der Waals surface area contributed by atoms with Gasteiger partial charge in [-0.15, -0.1) is 5.10 Å². The van der Waals surface area contributed by atoms with E-state index in [-0.39, 0.29) is 36.5 Å². The highest BCUT2D eigenvalue weighted by molar-refractivity contribution is 7.89. The summed E-state index contributed by atoms with van der Waals surface area (Å²) in [6.45, 7) is 2.22. The number of carbonyl (C=O) groups is 2. The average Bonchev–Trinajstić information content (AvgIpc) is 2.99. The highest BCUT2D eigenvalue weighted by Gasteiger charge is 2.35. The van der Waals surface area contributed by atoms with E-state index in [0.717, 1.165) is 0 Å². The maximum Gasteiger partial charge on any atom is 0.232 e. The van der Waals surface area contributed by atoms with Crippen LogP contribution >= 0.6 is 0 Å². The minimum atomic E-state index is -3.23. The minimum absolute atomic E-state index is 0.000690. The summed E-state index contributed by atoms with van der Waals surface area (Å²) in [7, 11) is -1.86. The number of carbonyl (C=O) groups excluding carboxylic acids is 2. The monoisotopic (exact) mass is 329 g/mol. The van der Waals surface area contributed by atoms with Crippen LogP contribution in [0.2, 0.25) is 0 Å². The van der Waals surface area contributed by atoms with E-state index in [1.807, 2.05) is 0 Å². The minimum Gasteiger partial charge on any atom is -0.276 e. The molecule has 2 amide bonds. The summed E-state index contributed by atoms with van der Waals surface area (Å²) < 4.78 is 26.3. The molecule has 122 valence electrons. The lowest BCUT2D eigenvalue weighted by Crippen LogP contribution is -2.29. The zero-order valence-corrected chi connectivity index (χ0v) is 13.3. The third-order valence-corrected chi connectivity index (χ3v) is 4.94. The summed E-state index contributed by atoms with van der Waals surface area (Å²) in [6, 6.07) is 0. The van der Waals surface area contributed by atoms with Crippen molar-refractivity contribution >= 4 is 21.8 Å². The van der Waals surface area contributed by atoms with Gasteiger partial charge in [-0.05, 0) is 13.5 Å². The molecule has 22 heavy (non-hydrogen) atoms. The third-order valence-electron chi connectivity index (χ3n) is 3.49.